The Labute approximate surface area is 176 Å². The Bertz CT molecular complexity index is 715. The van der Waals surface area contributed by atoms with Crippen molar-refractivity contribution in [2.75, 3.05) is 31.1 Å². The van der Waals surface area contributed by atoms with Gasteiger partial charge in [-0.1, -0.05) is 17.6 Å². The number of nitrogens with zero attached hydrogens (tertiary/aromatic N) is 2. The molecule has 161 valence electrons. The van der Waals surface area contributed by atoms with E-state index < -0.39 is 16.8 Å². The SMILES string of the molecule is Cc1cc([B]OC(C)(C)C(C)(C)O)ccc1N1CCN(C(=O)OC(C)(C)C)CC1. The summed E-state index contributed by atoms with van der Waals surface area (Å²) in [5.74, 6) is 0. The van der Waals surface area contributed by atoms with Crippen LogP contribution in [0.3, 0.4) is 0 Å². The third kappa shape index (κ3) is 6.38. The summed E-state index contributed by atoms with van der Waals surface area (Å²) in [4.78, 5) is 16.3. The Kier molecular flexibility index (Phi) is 6.95. The highest BCUT2D eigenvalue weighted by molar-refractivity contribution is 6.47. The number of anilines is 1. The molecule has 1 radical (unpaired) electrons. The minimum Gasteiger partial charge on any atom is -0.444 e. The van der Waals surface area contributed by atoms with E-state index in [-0.39, 0.29) is 6.09 Å². The van der Waals surface area contributed by atoms with Crippen LogP contribution in [0.4, 0.5) is 10.5 Å². The van der Waals surface area contributed by atoms with Crippen molar-refractivity contribution in [3.63, 3.8) is 0 Å². The van der Waals surface area contributed by atoms with E-state index in [0.717, 1.165) is 29.8 Å². The lowest BCUT2D eigenvalue weighted by atomic mass is 9.82. The van der Waals surface area contributed by atoms with Gasteiger partial charge in [0, 0.05) is 31.9 Å². The van der Waals surface area contributed by atoms with Gasteiger partial charge in [-0.25, -0.2) is 4.79 Å². The van der Waals surface area contributed by atoms with Gasteiger partial charge in [-0.15, -0.1) is 0 Å². The van der Waals surface area contributed by atoms with E-state index in [9.17, 15) is 9.90 Å². The van der Waals surface area contributed by atoms with Gasteiger partial charge >= 0.3 is 13.6 Å². The van der Waals surface area contributed by atoms with Gasteiger partial charge in [0.05, 0.1) is 11.2 Å². The first-order chi connectivity index (χ1) is 13.2. The molecule has 0 unspecified atom stereocenters. The molecule has 29 heavy (non-hydrogen) atoms. The monoisotopic (exact) mass is 403 g/mol. The first-order valence-corrected chi connectivity index (χ1v) is 10.3. The number of hydrogen-bond donors (Lipinski definition) is 1. The fourth-order valence-corrected chi connectivity index (χ4v) is 2.92. The molecular weight excluding hydrogens is 367 g/mol. The maximum absolute atomic E-state index is 12.2. The largest absolute Gasteiger partial charge is 0.444 e. The molecular formula is C22H36BN2O4. The van der Waals surface area contributed by atoms with E-state index in [2.05, 4.69) is 24.0 Å². The second kappa shape index (κ2) is 8.56. The molecule has 0 atom stereocenters. The molecule has 0 aliphatic carbocycles. The molecule has 1 amide bonds. The van der Waals surface area contributed by atoms with Gasteiger partial charge in [0.25, 0.3) is 0 Å². The molecule has 2 rings (SSSR count). The molecule has 0 bridgehead atoms. The van der Waals surface area contributed by atoms with Crippen LogP contribution >= 0.6 is 0 Å². The maximum Gasteiger partial charge on any atom is 0.410 e. The Balaban J connectivity index is 1.95. The van der Waals surface area contributed by atoms with Crippen LogP contribution in [-0.4, -0.2) is 66.6 Å². The zero-order valence-electron chi connectivity index (χ0n) is 19.2. The standard InChI is InChI=1S/C22H36BN2O4/c1-16-15-17(23-29-22(7,8)21(5,6)27)9-10-18(16)24-11-13-25(14-12-24)19(26)28-20(2,3)4/h9-10,15,27H,11-14H2,1-8H3. The van der Waals surface area contributed by atoms with Crippen molar-refractivity contribution in [1.82, 2.24) is 4.90 Å². The quantitative estimate of drug-likeness (QED) is 0.767. The van der Waals surface area contributed by atoms with Gasteiger partial charge < -0.3 is 24.3 Å². The van der Waals surface area contributed by atoms with E-state index >= 15 is 0 Å². The molecule has 0 saturated carbocycles. The number of aliphatic hydroxyl groups is 1. The number of amides is 1. The highest BCUT2D eigenvalue weighted by Gasteiger charge is 2.35. The van der Waals surface area contributed by atoms with Crippen molar-refractivity contribution in [3.05, 3.63) is 23.8 Å². The minimum atomic E-state index is -0.952. The molecule has 1 aliphatic rings. The van der Waals surface area contributed by atoms with E-state index in [4.69, 9.17) is 9.39 Å². The second-order valence-corrected chi connectivity index (χ2v) is 9.81. The van der Waals surface area contributed by atoms with Crippen LogP contribution in [0.1, 0.15) is 54.0 Å². The Morgan fingerprint density at radius 3 is 2.10 bits per heavy atom. The molecule has 1 saturated heterocycles. The molecule has 1 aromatic carbocycles. The van der Waals surface area contributed by atoms with Gasteiger partial charge in [-0.2, -0.15) is 0 Å². The van der Waals surface area contributed by atoms with Crippen LogP contribution < -0.4 is 10.4 Å². The number of hydrogen-bond acceptors (Lipinski definition) is 5. The Morgan fingerprint density at radius 2 is 1.62 bits per heavy atom. The van der Waals surface area contributed by atoms with Crippen molar-refractivity contribution in [1.29, 1.82) is 0 Å². The van der Waals surface area contributed by atoms with Crippen LogP contribution in [0.2, 0.25) is 0 Å². The van der Waals surface area contributed by atoms with Crippen molar-refractivity contribution >= 4 is 24.7 Å². The maximum atomic E-state index is 12.2. The van der Waals surface area contributed by atoms with Crippen LogP contribution in [0.5, 0.6) is 0 Å². The van der Waals surface area contributed by atoms with Crippen LogP contribution in [0, 0.1) is 6.92 Å². The molecule has 1 fully saturated rings. The highest BCUT2D eigenvalue weighted by atomic mass is 16.6. The Morgan fingerprint density at radius 1 is 1.03 bits per heavy atom. The van der Waals surface area contributed by atoms with Crippen LogP contribution in [0.15, 0.2) is 18.2 Å². The van der Waals surface area contributed by atoms with E-state index in [1.165, 1.54) is 0 Å². The zero-order chi connectivity index (χ0) is 22.0. The minimum absolute atomic E-state index is 0.245. The third-order valence-electron chi connectivity index (χ3n) is 5.46. The molecule has 6 nitrogen and oxygen atoms in total. The number of piperazine rings is 1. The lowest BCUT2D eigenvalue weighted by Crippen LogP contribution is -2.50. The summed E-state index contributed by atoms with van der Waals surface area (Å²) in [6.45, 7) is 17.8. The van der Waals surface area contributed by atoms with E-state index in [0.29, 0.717) is 13.1 Å². The van der Waals surface area contributed by atoms with Crippen molar-refractivity contribution < 1.29 is 19.3 Å². The average Bonchev–Trinajstić information content (AvgIpc) is 2.58. The summed E-state index contributed by atoms with van der Waals surface area (Å²) >= 11 is 0. The molecule has 0 aromatic heterocycles. The second-order valence-electron chi connectivity index (χ2n) is 9.81. The summed E-state index contributed by atoms with van der Waals surface area (Å²) in [5, 5.41) is 10.2. The fraction of sp³-hybridized carbons (Fsp3) is 0.682. The predicted octanol–water partition coefficient (Wildman–Crippen LogP) is 2.86. The number of carbonyl (C=O) groups excluding carboxylic acids is 1. The number of ether oxygens (including phenoxy) is 1. The van der Waals surface area contributed by atoms with Gasteiger partial charge in [-0.3, -0.25) is 0 Å². The summed E-state index contributed by atoms with van der Waals surface area (Å²) in [6, 6.07) is 6.18. The summed E-state index contributed by atoms with van der Waals surface area (Å²) in [7, 11) is 1.70. The van der Waals surface area contributed by atoms with Gasteiger partial charge in [0.1, 0.15) is 5.60 Å². The lowest BCUT2D eigenvalue weighted by molar-refractivity contribution is -0.0893. The molecule has 0 spiro atoms. The number of rotatable bonds is 5. The Hall–Kier alpha value is -1.73. The molecule has 1 aromatic rings. The van der Waals surface area contributed by atoms with Gasteiger partial charge in [-0.05, 0) is 67.0 Å². The summed E-state index contributed by atoms with van der Waals surface area (Å²) < 4.78 is 11.3. The first kappa shape index (κ1) is 23.6. The predicted molar refractivity (Wildman–Crippen MR) is 118 cm³/mol. The van der Waals surface area contributed by atoms with Crippen molar-refractivity contribution in [3.8, 4) is 0 Å². The van der Waals surface area contributed by atoms with Crippen LogP contribution in [0.25, 0.3) is 0 Å². The highest BCUT2D eigenvalue weighted by Crippen LogP contribution is 2.25. The summed E-state index contributed by atoms with van der Waals surface area (Å²) in [5.41, 5.74) is 1.14. The molecule has 1 N–H and O–H groups in total. The molecule has 7 heteroatoms. The van der Waals surface area contributed by atoms with Crippen molar-refractivity contribution in [2.24, 2.45) is 0 Å². The normalized spacial score (nSPS) is 16.0. The van der Waals surface area contributed by atoms with Gasteiger partial charge in [0.15, 0.2) is 0 Å². The zero-order valence-corrected chi connectivity index (χ0v) is 19.2. The smallest absolute Gasteiger partial charge is 0.410 e. The average molecular weight is 403 g/mol. The molecule has 1 aliphatic heterocycles. The summed E-state index contributed by atoms with van der Waals surface area (Å²) in [6.07, 6.45) is -0.245. The molecule has 1 heterocycles. The third-order valence-corrected chi connectivity index (χ3v) is 5.46. The fourth-order valence-electron chi connectivity index (χ4n) is 2.92. The van der Waals surface area contributed by atoms with E-state index in [1.807, 2.05) is 40.7 Å². The lowest BCUT2D eigenvalue weighted by Gasteiger charge is -2.38. The first-order valence-electron chi connectivity index (χ1n) is 10.3. The van der Waals surface area contributed by atoms with Crippen molar-refractivity contribution in [2.45, 2.75) is 72.2 Å². The van der Waals surface area contributed by atoms with Gasteiger partial charge in [0.2, 0.25) is 0 Å². The number of aryl methyl sites for hydroxylation is 1. The van der Waals surface area contributed by atoms with E-state index in [1.54, 1.807) is 26.2 Å². The number of carbonyl (C=O) groups is 1. The topological polar surface area (TPSA) is 62.2 Å². The van der Waals surface area contributed by atoms with Crippen LogP contribution in [-0.2, 0) is 9.39 Å². The number of benzene rings is 1.